The molecule has 26 heavy (non-hydrogen) atoms. The predicted octanol–water partition coefficient (Wildman–Crippen LogP) is 3.82. The van der Waals surface area contributed by atoms with Gasteiger partial charge in [0.05, 0.1) is 35.0 Å². The van der Waals surface area contributed by atoms with Crippen LogP contribution in [0.5, 0.6) is 5.75 Å². The third-order valence-electron chi connectivity index (χ3n) is 3.21. The zero-order valence-electron chi connectivity index (χ0n) is 14.0. The quantitative estimate of drug-likeness (QED) is 0.592. The van der Waals surface area contributed by atoms with Crippen molar-refractivity contribution in [3.8, 4) is 5.75 Å². The summed E-state index contributed by atoms with van der Waals surface area (Å²) in [6, 6.07) is 5.03. The van der Waals surface area contributed by atoms with Crippen LogP contribution in [0.4, 0.5) is 5.69 Å². The van der Waals surface area contributed by atoms with Crippen LogP contribution >= 0.6 is 34.7 Å². The van der Waals surface area contributed by atoms with Gasteiger partial charge in [-0.25, -0.2) is 4.98 Å². The lowest BCUT2D eigenvalue weighted by atomic mass is 10.3. The first-order valence-corrected chi connectivity index (χ1v) is 9.77. The van der Waals surface area contributed by atoms with Gasteiger partial charge in [-0.2, -0.15) is 0 Å². The SMILES string of the molecule is COc1ccc(NC(=O)CSc2nnc(Cc3csc(C)n3)o2)cc1Cl. The fourth-order valence-electron chi connectivity index (χ4n) is 2.08. The molecule has 0 atom stereocenters. The molecule has 1 aromatic carbocycles. The summed E-state index contributed by atoms with van der Waals surface area (Å²) in [4.78, 5) is 16.4. The lowest BCUT2D eigenvalue weighted by molar-refractivity contribution is -0.113. The number of hydrogen-bond acceptors (Lipinski definition) is 8. The van der Waals surface area contributed by atoms with Crippen LogP contribution in [0.25, 0.3) is 0 Å². The van der Waals surface area contributed by atoms with Gasteiger partial charge in [0, 0.05) is 11.1 Å². The summed E-state index contributed by atoms with van der Waals surface area (Å²) in [5, 5.41) is 14.4. The molecule has 0 unspecified atom stereocenters. The molecule has 3 rings (SSSR count). The standard InChI is InChI=1S/C16H15ClN4O3S2/c1-9-18-11(7-25-9)6-15-20-21-16(24-15)26-8-14(22)19-10-3-4-13(23-2)12(17)5-10/h3-5,7H,6,8H2,1-2H3,(H,19,22). The molecule has 1 N–H and O–H groups in total. The van der Waals surface area contributed by atoms with Crippen LogP contribution in [0, 0.1) is 6.92 Å². The number of rotatable bonds is 7. The van der Waals surface area contributed by atoms with Crippen molar-refractivity contribution in [1.29, 1.82) is 0 Å². The van der Waals surface area contributed by atoms with Crippen molar-refractivity contribution in [1.82, 2.24) is 15.2 Å². The fraction of sp³-hybridized carbons (Fsp3) is 0.250. The number of amides is 1. The molecular formula is C16H15ClN4O3S2. The Kier molecular flexibility index (Phi) is 6.12. The third-order valence-corrected chi connectivity index (χ3v) is 5.15. The van der Waals surface area contributed by atoms with Crippen LogP contribution < -0.4 is 10.1 Å². The first kappa shape index (κ1) is 18.7. The van der Waals surface area contributed by atoms with Gasteiger partial charge in [0.2, 0.25) is 11.8 Å². The Bertz CT molecular complexity index is 913. The van der Waals surface area contributed by atoms with Gasteiger partial charge in [-0.3, -0.25) is 4.79 Å². The number of aryl methyl sites for hydroxylation is 1. The zero-order chi connectivity index (χ0) is 18.5. The Morgan fingerprint density at radius 3 is 2.96 bits per heavy atom. The number of aromatic nitrogens is 3. The highest BCUT2D eigenvalue weighted by Gasteiger charge is 2.12. The molecule has 0 bridgehead atoms. The molecule has 0 spiro atoms. The number of thioether (sulfide) groups is 1. The number of methoxy groups -OCH3 is 1. The molecule has 0 saturated carbocycles. The van der Waals surface area contributed by atoms with Crippen LogP contribution in [0.3, 0.4) is 0 Å². The average Bonchev–Trinajstić information content (AvgIpc) is 3.22. The van der Waals surface area contributed by atoms with E-state index in [9.17, 15) is 4.79 Å². The van der Waals surface area contributed by atoms with Crippen LogP contribution in [-0.4, -0.2) is 34.0 Å². The Balaban J connectivity index is 1.51. The van der Waals surface area contributed by atoms with E-state index in [1.165, 1.54) is 18.9 Å². The number of nitrogens with one attached hydrogen (secondary N) is 1. The van der Waals surface area contributed by atoms with E-state index in [2.05, 4.69) is 20.5 Å². The van der Waals surface area contributed by atoms with Gasteiger partial charge in [0.1, 0.15) is 5.75 Å². The van der Waals surface area contributed by atoms with E-state index >= 15 is 0 Å². The molecule has 0 aliphatic rings. The molecular weight excluding hydrogens is 396 g/mol. The minimum absolute atomic E-state index is 0.140. The maximum absolute atomic E-state index is 12.0. The van der Waals surface area contributed by atoms with Crippen molar-refractivity contribution in [2.75, 3.05) is 18.2 Å². The Labute approximate surface area is 163 Å². The van der Waals surface area contributed by atoms with Gasteiger partial charge >= 0.3 is 0 Å². The number of carbonyl (C=O) groups is 1. The van der Waals surface area contributed by atoms with Crippen LogP contribution in [0.15, 0.2) is 33.2 Å². The van der Waals surface area contributed by atoms with Crippen LogP contribution in [0.1, 0.15) is 16.6 Å². The number of nitrogens with zero attached hydrogens (tertiary/aromatic N) is 3. The van der Waals surface area contributed by atoms with E-state index < -0.39 is 0 Å². The Hall–Kier alpha value is -2.10. The number of anilines is 1. The van der Waals surface area contributed by atoms with Gasteiger partial charge in [-0.1, -0.05) is 23.4 Å². The minimum Gasteiger partial charge on any atom is -0.495 e. The van der Waals surface area contributed by atoms with Gasteiger partial charge in [0.25, 0.3) is 5.22 Å². The maximum atomic E-state index is 12.0. The highest BCUT2D eigenvalue weighted by molar-refractivity contribution is 7.99. The molecule has 0 fully saturated rings. The number of thiazole rings is 1. The minimum atomic E-state index is -0.203. The van der Waals surface area contributed by atoms with Gasteiger partial charge < -0.3 is 14.5 Å². The molecule has 136 valence electrons. The van der Waals surface area contributed by atoms with Crippen molar-refractivity contribution in [2.45, 2.75) is 18.6 Å². The second-order valence-corrected chi connectivity index (χ2v) is 7.58. The average molecular weight is 411 g/mol. The highest BCUT2D eigenvalue weighted by Crippen LogP contribution is 2.27. The molecule has 2 aromatic heterocycles. The summed E-state index contributed by atoms with van der Waals surface area (Å²) in [5.41, 5.74) is 1.48. The molecule has 0 saturated heterocycles. The molecule has 7 nitrogen and oxygen atoms in total. The Morgan fingerprint density at radius 2 is 2.27 bits per heavy atom. The van der Waals surface area contributed by atoms with E-state index in [0.29, 0.717) is 34.0 Å². The molecule has 0 aliphatic heterocycles. The van der Waals surface area contributed by atoms with E-state index in [-0.39, 0.29) is 11.7 Å². The number of carbonyl (C=O) groups excluding carboxylic acids is 1. The molecule has 10 heteroatoms. The third kappa shape index (κ3) is 4.96. The van der Waals surface area contributed by atoms with E-state index in [1.807, 2.05) is 12.3 Å². The summed E-state index contributed by atoms with van der Waals surface area (Å²) in [7, 11) is 1.53. The zero-order valence-corrected chi connectivity index (χ0v) is 16.4. The van der Waals surface area contributed by atoms with Crippen molar-refractivity contribution in [3.63, 3.8) is 0 Å². The monoisotopic (exact) mass is 410 g/mol. The molecule has 0 aliphatic carbocycles. The van der Waals surface area contributed by atoms with Crippen molar-refractivity contribution >= 4 is 46.3 Å². The van der Waals surface area contributed by atoms with E-state index in [0.717, 1.165) is 10.7 Å². The topological polar surface area (TPSA) is 90.1 Å². The first-order valence-electron chi connectivity index (χ1n) is 7.53. The second-order valence-electron chi connectivity index (χ2n) is 5.18. The number of halogens is 1. The summed E-state index contributed by atoms with van der Waals surface area (Å²) < 4.78 is 10.6. The van der Waals surface area contributed by atoms with Gasteiger partial charge in [-0.05, 0) is 25.1 Å². The van der Waals surface area contributed by atoms with E-state index in [4.69, 9.17) is 20.8 Å². The van der Waals surface area contributed by atoms with Crippen LogP contribution in [-0.2, 0) is 11.2 Å². The fourth-order valence-corrected chi connectivity index (χ4v) is 3.53. The van der Waals surface area contributed by atoms with Crippen LogP contribution in [0.2, 0.25) is 5.02 Å². The number of benzene rings is 1. The summed E-state index contributed by atoms with van der Waals surface area (Å²) in [6.45, 7) is 1.94. The second kappa shape index (κ2) is 8.52. The lowest BCUT2D eigenvalue weighted by Crippen LogP contribution is -2.14. The maximum Gasteiger partial charge on any atom is 0.277 e. The lowest BCUT2D eigenvalue weighted by Gasteiger charge is -2.07. The molecule has 3 aromatic rings. The van der Waals surface area contributed by atoms with Crippen molar-refractivity contribution < 1.29 is 13.9 Å². The molecule has 0 radical (unpaired) electrons. The normalized spacial score (nSPS) is 10.7. The predicted molar refractivity (Wildman–Crippen MR) is 101 cm³/mol. The highest BCUT2D eigenvalue weighted by atomic mass is 35.5. The molecule has 1 amide bonds. The number of ether oxygens (including phenoxy) is 1. The first-order chi connectivity index (χ1) is 12.5. The largest absolute Gasteiger partial charge is 0.495 e. The summed E-state index contributed by atoms with van der Waals surface area (Å²) in [6.07, 6.45) is 0.481. The van der Waals surface area contributed by atoms with Gasteiger partial charge in [0.15, 0.2) is 0 Å². The van der Waals surface area contributed by atoms with Crippen molar-refractivity contribution in [2.24, 2.45) is 0 Å². The number of hydrogen-bond donors (Lipinski definition) is 1. The van der Waals surface area contributed by atoms with Gasteiger partial charge in [-0.15, -0.1) is 21.5 Å². The Morgan fingerprint density at radius 1 is 1.42 bits per heavy atom. The summed E-state index contributed by atoms with van der Waals surface area (Å²) in [5.74, 6) is 0.958. The van der Waals surface area contributed by atoms with E-state index in [1.54, 1.807) is 29.5 Å². The summed E-state index contributed by atoms with van der Waals surface area (Å²) >= 11 is 8.78. The molecule has 2 heterocycles. The smallest absolute Gasteiger partial charge is 0.277 e. The van der Waals surface area contributed by atoms with Crippen molar-refractivity contribution in [3.05, 3.63) is 45.2 Å².